The number of hydrogen-bond donors (Lipinski definition) is 0. The molecule has 9 heavy (non-hydrogen) atoms. The molecule has 0 fully saturated rings. The molecule has 0 N–H and O–H groups in total. The fourth-order valence-electron chi connectivity index (χ4n) is 0.602. The van der Waals surface area contributed by atoms with E-state index in [-0.39, 0.29) is 11.0 Å². The lowest BCUT2D eigenvalue weighted by atomic mass is 10.2. The highest BCUT2D eigenvalue weighted by molar-refractivity contribution is 9.09. The maximum Gasteiger partial charge on any atom is 0.335 e. The lowest BCUT2D eigenvalue weighted by molar-refractivity contribution is -0.136. The fraction of sp³-hybridized carbons (Fsp3) is 0.500. The Labute approximate surface area is 62.0 Å². The van der Waals surface area contributed by atoms with Crippen LogP contribution in [0.1, 0.15) is 13.8 Å². The van der Waals surface area contributed by atoms with E-state index in [9.17, 15) is 4.79 Å². The number of esters is 1. The number of halogens is 1. The third kappa shape index (κ3) is 1.01. The van der Waals surface area contributed by atoms with Gasteiger partial charge in [0.05, 0.1) is 0 Å². The summed E-state index contributed by atoms with van der Waals surface area (Å²) in [4.78, 5) is 10.7. The van der Waals surface area contributed by atoms with Gasteiger partial charge >= 0.3 is 5.97 Å². The zero-order valence-corrected chi connectivity index (χ0v) is 6.86. The summed E-state index contributed by atoms with van der Waals surface area (Å²) in [5.41, 5.74) is 1.69. The molecular weight excluding hydrogens is 184 g/mol. The zero-order valence-electron chi connectivity index (χ0n) is 5.27. The summed E-state index contributed by atoms with van der Waals surface area (Å²) in [6, 6.07) is 0. The molecule has 2 nitrogen and oxygen atoms in total. The largest absolute Gasteiger partial charge is 0.443 e. The van der Waals surface area contributed by atoms with E-state index in [1.165, 1.54) is 0 Å². The van der Waals surface area contributed by atoms with Crippen LogP contribution in [0.15, 0.2) is 11.1 Å². The third-order valence-corrected chi connectivity index (χ3v) is 2.32. The highest BCUT2D eigenvalue weighted by atomic mass is 79.9. The van der Waals surface area contributed by atoms with Gasteiger partial charge in [-0.15, -0.1) is 0 Å². The zero-order chi connectivity index (χ0) is 7.02. The van der Waals surface area contributed by atoms with E-state index in [1.807, 2.05) is 6.92 Å². The van der Waals surface area contributed by atoms with E-state index in [1.54, 1.807) is 6.92 Å². The van der Waals surface area contributed by atoms with Crippen LogP contribution in [0.5, 0.6) is 0 Å². The Morgan fingerprint density at radius 2 is 2.11 bits per heavy atom. The Bertz CT molecular complexity index is 183. The maximum absolute atomic E-state index is 10.7. The van der Waals surface area contributed by atoms with Crippen LogP contribution in [0, 0.1) is 0 Å². The number of alkyl halides is 1. The molecule has 0 radical (unpaired) electrons. The molecule has 0 spiro atoms. The smallest absolute Gasteiger partial charge is 0.335 e. The van der Waals surface area contributed by atoms with Crippen LogP contribution in [0.25, 0.3) is 0 Å². The molecule has 1 atom stereocenters. The summed E-state index contributed by atoms with van der Waals surface area (Å²) in [6.45, 7) is 3.64. The van der Waals surface area contributed by atoms with Crippen molar-refractivity contribution in [3.8, 4) is 0 Å². The summed E-state index contributed by atoms with van der Waals surface area (Å²) < 4.78 is 4.79. The van der Waals surface area contributed by atoms with Crippen molar-refractivity contribution in [2.75, 3.05) is 0 Å². The number of carbonyl (C=O) groups excluding carboxylic acids is 1. The molecule has 1 unspecified atom stereocenters. The summed E-state index contributed by atoms with van der Waals surface area (Å²) in [6.07, 6.45) is 0. The Balaban J connectivity index is 2.92. The molecule has 50 valence electrons. The van der Waals surface area contributed by atoms with Crippen molar-refractivity contribution in [1.82, 2.24) is 0 Å². The highest BCUT2D eigenvalue weighted by Gasteiger charge is 2.25. The maximum atomic E-state index is 10.7. The van der Waals surface area contributed by atoms with Crippen LogP contribution in [-0.2, 0) is 9.53 Å². The van der Waals surface area contributed by atoms with E-state index < -0.39 is 0 Å². The molecule has 0 amide bonds. The van der Waals surface area contributed by atoms with E-state index in [0.29, 0.717) is 0 Å². The molecule has 0 saturated carbocycles. The van der Waals surface area contributed by atoms with Crippen LogP contribution in [0.4, 0.5) is 0 Å². The average molecular weight is 191 g/mol. The first-order valence-corrected chi connectivity index (χ1v) is 3.57. The van der Waals surface area contributed by atoms with Gasteiger partial charge in [-0.3, -0.25) is 0 Å². The van der Waals surface area contributed by atoms with E-state index >= 15 is 0 Å². The standard InChI is InChI=1S/C6H7BrO2/c1-3-4(2)6(8)9-5(3)7/h5H,1-2H3. The van der Waals surface area contributed by atoms with Crippen molar-refractivity contribution in [3.63, 3.8) is 0 Å². The Hall–Kier alpha value is -0.310. The van der Waals surface area contributed by atoms with Crippen LogP contribution < -0.4 is 0 Å². The summed E-state index contributed by atoms with van der Waals surface area (Å²) in [7, 11) is 0. The number of cyclic esters (lactones) is 1. The van der Waals surface area contributed by atoms with Crippen LogP contribution in [0.3, 0.4) is 0 Å². The third-order valence-electron chi connectivity index (χ3n) is 1.45. The molecular formula is C6H7BrO2. The van der Waals surface area contributed by atoms with Gasteiger partial charge < -0.3 is 4.74 Å². The van der Waals surface area contributed by atoms with Crippen molar-refractivity contribution in [1.29, 1.82) is 0 Å². The molecule has 0 aliphatic carbocycles. The summed E-state index contributed by atoms with van der Waals surface area (Å²) in [5, 5.41) is -0.190. The van der Waals surface area contributed by atoms with Crippen molar-refractivity contribution in [2.24, 2.45) is 0 Å². The van der Waals surface area contributed by atoms with Gasteiger partial charge in [0, 0.05) is 5.57 Å². The Morgan fingerprint density at radius 1 is 1.56 bits per heavy atom. The van der Waals surface area contributed by atoms with Gasteiger partial charge in [-0.2, -0.15) is 0 Å². The van der Waals surface area contributed by atoms with Gasteiger partial charge in [0.1, 0.15) is 0 Å². The van der Waals surface area contributed by atoms with Crippen molar-refractivity contribution >= 4 is 21.9 Å². The minimum atomic E-state index is -0.214. The summed E-state index contributed by atoms with van der Waals surface area (Å²) >= 11 is 3.18. The van der Waals surface area contributed by atoms with Gasteiger partial charge in [0.25, 0.3) is 0 Å². The molecule has 0 saturated heterocycles. The van der Waals surface area contributed by atoms with E-state index in [2.05, 4.69) is 15.9 Å². The number of rotatable bonds is 0. The van der Waals surface area contributed by atoms with E-state index in [0.717, 1.165) is 11.1 Å². The number of ether oxygens (including phenoxy) is 1. The van der Waals surface area contributed by atoms with Gasteiger partial charge in [0.15, 0.2) is 5.01 Å². The van der Waals surface area contributed by atoms with Crippen molar-refractivity contribution in [2.45, 2.75) is 18.9 Å². The second-order valence-electron chi connectivity index (χ2n) is 2.03. The highest BCUT2D eigenvalue weighted by Crippen LogP contribution is 2.25. The Kier molecular flexibility index (Phi) is 1.62. The van der Waals surface area contributed by atoms with Crippen LogP contribution in [0.2, 0.25) is 0 Å². The molecule has 0 aromatic rings. The molecule has 3 heteroatoms. The number of hydrogen-bond acceptors (Lipinski definition) is 2. The lowest BCUT2D eigenvalue weighted by Crippen LogP contribution is -2.00. The number of carbonyl (C=O) groups is 1. The second kappa shape index (κ2) is 2.14. The molecule has 1 rings (SSSR count). The molecule has 0 bridgehead atoms. The molecule has 1 aliphatic heterocycles. The van der Waals surface area contributed by atoms with Crippen LogP contribution in [-0.4, -0.2) is 11.0 Å². The van der Waals surface area contributed by atoms with Gasteiger partial charge in [-0.25, -0.2) is 4.79 Å². The quantitative estimate of drug-likeness (QED) is 0.429. The monoisotopic (exact) mass is 190 g/mol. The lowest BCUT2D eigenvalue weighted by Gasteiger charge is -1.98. The van der Waals surface area contributed by atoms with Crippen LogP contribution >= 0.6 is 15.9 Å². The average Bonchev–Trinajstić information content (AvgIpc) is 1.98. The first-order chi connectivity index (χ1) is 4.13. The fourth-order valence-corrected chi connectivity index (χ4v) is 1.12. The van der Waals surface area contributed by atoms with Crippen molar-refractivity contribution in [3.05, 3.63) is 11.1 Å². The molecule has 0 aromatic heterocycles. The predicted molar refractivity (Wildman–Crippen MR) is 37.2 cm³/mol. The van der Waals surface area contributed by atoms with Gasteiger partial charge in [-0.05, 0) is 35.4 Å². The first kappa shape index (κ1) is 6.81. The minimum absolute atomic E-state index is 0.190. The minimum Gasteiger partial charge on any atom is -0.443 e. The second-order valence-corrected chi connectivity index (χ2v) is 2.86. The molecule has 0 aromatic carbocycles. The van der Waals surface area contributed by atoms with Crippen molar-refractivity contribution < 1.29 is 9.53 Å². The predicted octanol–water partition coefficient (Wildman–Crippen LogP) is 1.60. The first-order valence-electron chi connectivity index (χ1n) is 2.65. The summed E-state index contributed by atoms with van der Waals surface area (Å²) in [5.74, 6) is -0.214. The Morgan fingerprint density at radius 3 is 2.22 bits per heavy atom. The normalized spacial score (nSPS) is 27.0. The molecule has 1 heterocycles. The topological polar surface area (TPSA) is 26.3 Å². The van der Waals surface area contributed by atoms with Gasteiger partial charge in [0.2, 0.25) is 0 Å². The van der Waals surface area contributed by atoms with Gasteiger partial charge in [-0.1, -0.05) is 0 Å². The van der Waals surface area contributed by atoms with E-state index in [4.69, 9.17) is 4.74 Å². The molecule has 1 aliphatic rings. The SMILES string of the molecule is CC1=C(C)C(Br)OC1=O.